The second kappa shape index (κ2) is 22.3. The van der Waals surface area contributed by atoms with Crippen molar-refractivity contribution in [1.82, 2.24) is 19.9 Å². The Hall–Kier alpha value is -5.19. The minimum Gasteiger partial charge on any atom is -0.871 e. The van der Waals surface area contributed by atoms with E-state index in [4.69, 9.17) is 29.4 Å². The van der Waals surface area contributed by atoms with Crippen LogP contribution in [0.15, 0.2) is 71.4 Å². The number of allylic oxidation sites excluding steroid dienone is 9. The van der Waals surface area contributed by atoms with E-state index in [0.717, 1.165) is 95.3 Å². The van der Waals surface area contributed by atoms with E-state index in [1.54, 1.807) is 0 Å². The Labute approximate surface area is 402 Å². The molecule has 0 unspecified atom stereocenters. The molecular weight excluding hydrogens is 821 g/mol. The molecule has 10 heteroatoms. The molecule has 3 aromatic heterocycles. The van der Waals surface area contributed by atoms with Gasteiger partial charge in [-0.15, -0.1) is 22.1 Å². The number of methoxy groups -OCH3 is 1. The number of carbonyl (C=O) groups excluding carboxylic acids is 2. The van der Waals surface area contributed by atoms with Crippen molar-refractivity contribution < 1.29 is 24.2 Å². The predicted molar refractivity (Wildman–Crippen MR) is 266 cm³/mol. The van der Waals surface area contributed by atoms with Crippen LogP contribution in [0.5, 0.6) is 0 Å². The molecule has 338 valence electrons. The fourth-order valence-electron chi connectivity index (χ4n) is 9.08. The Morgan fingerprint density at radius 3 is 2.03 bits per heavy atom. The Balaban J connectivity index is 0.00000793. The number of ether oxygens (including phenoxy) is 2. The number of nitrogens with zero attached hydrogens (tertiary/aromatic N) is 4. The van der Waals surface area contributed by atoms with Crippen LogP contribution in [0.25, 0.3) is 50.6 Å². The first-order chi connectivity index (χ1) is 30.6. The van der Waals surface area contributed by atoms with E-state index in [2.05, 4.69) is 80.2 Å². The third-order valence-electron chi connectivity index (χ3n) is 13.1. The molecule has 0 spiro atoms. The molecule has 2 atom stereocenters. The minimum absolute atomic E-state index is 0. The molecule has 5 heterocycles. The number of esters is 2. The van der Waals surface area contributed by atoms with Crippen molar-refractivity contribution in [1.29, 1.82) is 0 Å². The molecule has 0 saturated carbocycles. The summed E-state index contributed by atoms with van der Waals surface area (Å²) in [6, 6.07) is 5.91. The van der Waals surface area contributed by atoms with Gasteiger partial charge in [0.1, 0.15) is 6.61 Å². The van der Waals surface area contributed by atoms with E-state index < -0.39 is 11.7 Å². The molecule has 0 aromatic carbocycles. The third-order valence-corrected chi connectivity index (χ3v) is 13.1. The quantitative estimate of drug-likeness (QED) is 0.0739. The van der Waals surface area contributed by atoms with E-state index in [1.807, 2.05) is 44.2 Å². The Bertz CT molecular complexity index is 2710. The molecule has 8 bridgehead atoms. The zero-order valence-corrected chi connectivity index (χ0v) is 42.0. The largest absolute Gasteiger partial charge is 2.00 e. The van der Waals surface area contributed by atoms with Crippen LogP contribution in [0, 0.1) is 13.8 Å². The van der Waals surface area contributed by atoms with Gasteiger partial charge in [-0.05, 0) is 141 Å². The van der Waals surface area contributed by atoms with E-state index in [1.165, 1.54) is 29.4 Å². The summed E-state index contributed by atoms with van der Waals surface area (Å²) < 4.78 is 11.0. The zero-order valence-electron chi connectivity index (χ0n) is 40.6. The van der Waals surface area contributed by atoms with Crippen LogP contribution in [-0.2, 0) is 19.1 Å². The number of hydrogen-bond donors (Lipinski definition) is 0. The summed E-state index contributed by atoms with van der Waals surface area (Å²) in [4.78, 5) is 47.3. The van der Waals surface area contributed by atoms with Gasteiger partial charge in [0.25, 0.3) is 0 Å². The van der Waals surface area contributed by atoms with Gasteiger partial charge in [0.15, 0.2) is 0 Å². The average Bonchev–Trinajstić information content (AvgIpc) is 3.99. The van der Waals surface area contributed by atoms with Gasteiger partial charge < -0.3 is 24.5 Å². The monoisotopic (exact) mass is 885 g/mol. The van der Waals surface area contributed by atoms with Crippen molar-refractivity contribution in [3.05, 3.63) is 122 Å². The molecule has 0 radical (unpaired) electrons. The van der Waals surface area contributed by atoms with Crippen molar-refractivity contribution in [2.75, 3.05) is 13.7 Å². The fourth-order valence-corrected chi connectivity index (χ4v) is 9.08. The number of carbonyl (C=O) groups is 2. The van der Waals surface area contributed by atoms with Gasteiger partial charge in [-0.1, -0.05) is 102 Å². The van der Waals surface area contributed by atoms with E-state index in [-0.39, 0.29) is 59.5 Å². The summed E-state index contributed by atoms with van der Waals surface area (Å²) >= 11 is 0. The van der Waals surface area contributed by atoms with Gasteiger partial charge in [-0.25, -0.2) is 9.78 Å². The number of aryl methyl sites for hydroxylation is 2. The molecule has 0 amide bonds. The summed E-state index contributed by atoms with van der Waals surface area (Å²) in [6.07, 6.45) is 18.2. The van der Waals surface area contributed by atoms with Gasteiger partial charge in [-0.2, -0.15) is 0 Å². The van der Waals surface area contributed by atoms with Gasteiger partial charge in [0.05, 0.1) is 29.8 Å². The first-order valence-corrected chi connectivity index (χ1v) is 22.8. The third kappa shape index (κ3) is 11.3. The first kappa shape index (κ1) is 50.8. The van der Waals surface area contributed by atoms with Crippen LogP contribution in [-0.4, -0.2) is 58.7 Å². The summed E-state index contributed by atoms with van der Waals surface area (Å²) in [6.45, 7) is 25.2. The standard InChI is InChI=1S/C55H67N4O5.Mg/c1-13-39-35(8)42-28-44-37(10)41(24-25-48(60)64-27-26-34(7)23-17-22-33(6)21-16-20-32(5)19-15-18-31(3)4)52(58-44)50-51(55(62)63-12)54(61)49-38(11)45(59-53(49)50)30-47-40(14-2)36(9)43(57-47)29-46(39)56-42;/h13,18,20,22,26,28-30,37,41H,1,14-17,19,21,23-25,27H2,2-12H3,(H2-,56,57,58,59,61,62);/q-1;+2/p-2/b32-20+,33-22+,34-26+;/t37-,41-;/m0./s1. The molecular formula is C55H65MgN4O5-. The second-order valence-corrected chi connectivity index (χ2v) is 17.9. The molecule has 0 saturated heterocycles. The average molecular weight is 886 g/mol. The number of aromatic nitrogens is 4. The maximum atomic E-state index is 14.3. The summed E-state index contributed by atoms with van der Waals surface area (Å²) in [5, 5.41) is 14.3. The van der Waals surface area contributed by atoms with Crippen LogP contribution in [0.1, 0.15) is 176 Å². The molecule has 6 rings (SSSR count). The second-order valence-electron chi connectivity index (χ2n) is 17.9. The molecule has 2 aliphatic heterocycles. The fraction of sp³-hybridized carbons (Fsp3) is 0.418. The van der Waals surface area contributed by atoms with E-state index >= 15 is 0 Å². The molecule has 1 aliphatic carbocycles. The van der Waals surface area contributed by atoms with Crippen LogP contribution in [0.4, 0.5) is 0 Å². The Kier molecular flexibility index (Phi) is 17.5. The van der Waals surface area contributed by atoms with Gasteiger partial charge in [0, 0.05) is 24.0 Å². The predicted octanol–water partition coefficient (Wildman–Crippen LogP) is 11.9. The SMILES string of the molecule is C=Cc1c(C)c2cc3nc(c4c5[n-]c(cc6nc(cc1[n-]2)C(C)=C6CC)c(C)c5C([O-])=C4C(=O)OC)[C@@H](CCC(=O)OC/C=C(\C)CC/C=C(\C)CC/C=C(\C)CCC=C(C)C)[C@@H]3C.[Mg+2]. The smallest absolute Gasteiger partial charge is 0.871 e. The maximum Gasteiger partial charge on any atom is 2.00 e. The molecule has 9 nitrogen and oxygen atoms in total. The number of hydrogen-bond acceptors (Lipinski definition) is 7. The molecule has 3 aliphatic rings. The van der Waals surface area contributed by atoms with E-state index in [0.29, 0.717) is 39.8 Å². The molecule has 65 heavy (non-hydrogen) atoms. The van der Waals surface area contributed by atoms with Crippen molar-refractivity contribution in [3.63, 3.8) is 0 Å². The zero-order chi connectivity index (χ0) is 46.4. The van der Waals surface area contributed by atoms with Crippen molar-refractivity contribution in [3.8, 4) is 0 Å². The summed E-state index contributed by atoms with van der Waals surface area (Å²) in [5.74, 6) is -2.08. The Morgan fingerprint density at radius 1 is 0.800 bits per heavy atom. The normalized spacial score (nSPS) is 16.2. The summed E-state index contributed by atoms with van der Waals surface area (Å²) in [7, 11) is 1.27. The van der Waals surface area contributed by atoms with Crippen LogP contribution < -0.4 is 15.1 Å². The number of rotatable bonds is 17. The van der Waals surface area contributed by atoms with Gasteiger partial charge in [0.2, 0.25) is 0 Å². The first-order valence-electron chi connectivity index (χ1n) is 22.8. The topological polar surface area (TPSA) is 130 Å². The van der Waals surface area contributed by atoms with Crippen LogP contribution in [0.3, 0.4) is 0 Å². The van der Waals surface area contributed by atoms with Gasteiger partial charge in [-0.3, -0.25) is 9.78 Å². The van der Waals surface area contributed by atoms with Crippen LogP contribution in [0.2, 0.25) is 0 Å². The number of fused-ring (bicyclic) bond motifs is 8. The van der Waals surface area contributed by atoms with Gasteiger partial charge >= 0.3 is 35.0 Å². The Morgan fingerprint density at radius 2 is 1.42 bits per heavy atom. The molecule has 0 fully saturated rings. The van der Waals surface area contributed by atoms with Crippen LogP contribution >= 0.6 is 0 Å². The maximum absolute atomic E-state index is 14.3. The van der Waals surface area contributed by atoms with Crippen molar-refractivity contribution >= 4 is 85.6 Å². The summed E-state index contributed by atoms with van der Waals surface area (Å²) in [5.41, 5.74) is 16.0. The van der Waals surface area contributed by atoms with Crippen molar-refractivity contribution in [2.24, 2.45) is 0 Å². The molecule has 3 aromatic rings. The van der Waals surface area contributed by atoms with E-state index in [9.17, 15) is 14.7 Å². The molecule has 0 N–H and O–H groups in total. The minimum atomic E-state index is -0.750. The van der Waals surface area contributed by atoms with Crippen molar-refractivity contribution in [2.45, 2.75) is 139 Å².